The Morgan fingerprint density at radius 1 is 1.50 bits per heavy atom. The van der Waals surface area contributed by atoms with Crippen molar-refractivity contribution in [2.45, 2.75) is 59.0 Å². The number of hydrogen-bond acceptors (Lipinski definition) is 1. The summed E-state index contributed by atoms with van der Waals surface area (Å²) in [6.07, 6.45) is 6.11. The Kier molecular flexibility index (Phi) is 3.77. The second-order valence-corrected chi connectivity index (χ2v) is 5.77. The van der Waals surface area contributed by atoms with E-state index in [-0.39, 0.29) is 0 Å². The molecule has 0 aliphatic carbocycles. The molecule has 1 unspecified atom stereocenters. The lowest BCUT2D eigenvalue weighted by molar-refractivity contribution is 0.171. The summed E-state index contributed by atoms with van der Waals surface area (Å²) in [5.41, 5.74) is 0.453. The first kappa shape index (κ1) is 11.8. The van der Waals surface area contributed by atoms with Crippen molar-refractivity contribution in [3.63, 3.8) is 0 Å². The minimum atomic E-state index is 0.453. The van der Waals surface area contributed by atoms with Crippen LogP contribution in [0.2, 0.25) is 0 Å². The summed E-state index contributed by atoms with van der Waals surface area (Å²) in [6, 6.07) is 1.33. The molecule has 1 heteroatoms. The number of rotatable bonds is 3. The molecular formula is C13H25N. The third-order valence-electron chi connectivity index (χ3n) is 3.13. The van der Waals surface area contributed by atoms with E-state index in [1.54, 1.807) is 0 Å². The van der Waals surface area contributed by atoms with E-state index in [9.17, 15) is 0 Å². The molecule has 1 nitrogen and oxygen atoms in total. The van der Waals surface area contributed by atoms with Crippen LogP contribution in [0.4, 0.5) is 0 Å². The van der Waals surface area contributed by atoms with Crippen LogP contribution in [-0.4, -0.2) is 23.5 Å². The van der Waals surface area contributed by atoms with Crippen LogP contribution in [0.5, 0.6) is 0 Å². The molecule has 0 aromatic heterocycles. The standard InChI is InChI=1S/C13H25N/c1-6-11(2)14-9-7-8-12(14)10-13(3,4)5/h6,11-12H,1,7-10H2,2-5H3/t11?,12-/m0/s1. The molecule has 0 radical (unpaired) electrons. The molecule has 0 spiro atoms. The van der Waals surface area contributed by atoms with Gasteiger partial charge in [0.05, 0.1) is 0 Å². The fourth-order valence-electron chi connectivity index (χ4n) is 2.46. The van der Waals surface area contributed by atoms with Crippen molar-refractivity contribution in [1.29, 1.82) is 0 Å². The van der Waals surface area contributed by atoms with Gasteiger partial charge in [-0.3, -0.25) is 4.90 Å². The monoisotopic (exact) mass is 195 g/mol. The van der Waals surface area contributed by atoms with Crippen molar-refractivity contribution >= 4 is 0 Å². The summed E-state index contributed by atoms with van der Waals surface area (Å²) in [6.45, 7) is 14.4. The number of likely N-dealkylation sites (tertiary alicyclic amines) is 1. The summed E-state index contributed by atoms with van der Waals surface area (Å²) in [5.74, 6) is 0. The van der Waals surface area contributed by atoms with Gasteiger partial charge in [-0.25, -0.2) is 0 Å². The first-order chi connectivity index (χ1) is 6.44. The van der Waals surface area contributed by atoms with Crippen molar-refractivity contribution in [1.82, 2.24) is 4.90 Å². The minimum absolute atomic E-state index is 0.453. The van der Waals surface area contributed by atoms with Crippen LogP contribution >= 0.6 is 0 Å². The van der Waals surface area contributed by atoms with Gasteiger partial charge in [-0.1, -0.05) is 26.8 Å². The van der Waals surface area contributed by atoms with Crippen molar-refractivity contribution in [3.05, 3.63) is 12.7 Å². The van der Waals surface area contributed by atoms with E-state index in [1.165, 1.54) is 25.8 Å². The largest absolute Gasteiger partial charge is 0.294 e. The molecule has 14 heavy (non-hydrogen) atoms. The SMILES string of the molecule is C=CC(C)N1CCC[C@H]1CC(C)(C)C. The lowest BCUT2D eigenvalue weighted by Crippen LogP contribution is -2.38. The third-order valence-corrected chi connectivity index (χ3v) is 3.13. The molecule has 1 aliphatic heterocycles. The third kappa shape index (κ3) is 3.13. The van der Waals surface area contributed by atoms with Crippen LogP contribution in [0, 0.1) is 5.41 Å². The molecule has 1 heterocycles. The lowest BCUT2D eigenvalue weighted by Gasteiger charge is -2.33. The molecule has 0 saturated carbocycles. The van der Waals surface area contributed by atoms with E-state index in [4.69, 9.17) is 0 Å². The topological polar surface area (TPSA) is 3.24 Å². The molecule has 2 atom stereocenters. The van der Waals surface area contributed by atoms with E-state index in [2.05, 4.69) is 45.2 Å². The molecule has 0 N–H and O–H groups in total. The summed E-state index contributed by atoms with van der Waals surface area (Å²) in [4.78, 5) is 2.61. The van der Waals surface area contributed by atoms with E-state index < -0.39 is 0 Å². The smallest absolute Gasteiger partial charge is 0.0250 e. The first-order valence-corrected chi connectivity index (χ1v) is 5.82. The molecule has 0 bridgehead atoms. The maximum Gasteiger partial charge on any atom is 0.0250 e. The molecule has 0 amide bonds. The van der Waals surface area contributed by atoms with Crippen LogP contribution in [0.3, 0.4) is 0 Å². The maximum absolute atomic E-state index is 3.89. The highest BCUT2D eigenvalue weighted by molar-refractivity contribution is 4.92. The van der Waals surface area contributed by atoms with Crippen molar-refractivity contribution in [3.8, 4) is 0 Å². The van der Waals surface area contributed by atoms with Crippen molar-refractivity contribution < 1.29 is 0 Å². The van der Waals surface area contributed by atoms with Gasteiger partial charge in [0.25, 0.3) is 0 Å². The van der Waals surface area contributed by atoms with E-state index in [0.717, 1.165) is 6.04 Å². The molecule has 0 aromatic rings. The summed E-state index contributed by atoms with van der Waals surface area (Å²) in [5, 5.41) is 0. The zero-order chi connectivity index (χ0) is 10.8. The van der Waals surface area contributed by atoms with Crippen molar-refractivity contribution in [2.24, 2.45) is 5.41 Å². The number of nitrogens with zero attached hydrogens (tertiary/aromatic N) is 1. The predicted octanol–water partition coefficient (Wildman–Crippen LogP) is 3.46. The first-order valence-electron chi connectivity index (χ1n) is 5.82. The highest BCUT2D eigenvalue weighted by atomic mass is 15.2. The van der Waals surface area contributed by atoms with Crippen LogP contribution in [-0.2, 0) is 0 Å². The van der Waals surface area contributed by atoms with Gasteiger partial charge < -0.3 is 0 Å². The minimum Gasteiger partial charge on any atom is -0.294 e. The molecule has 0 aromatic carbocycles. The van der Waals surface area contributed by atoms with E-state index in [1.807, 2.05) is 0 Å². The van der Waals surface area contributed by atoms with Gasteiger partial charge in [-0.05, 0) is 38.1 Å². The van der Waals surface area contributed by atoms with Gasteiger partial charge in [0.15, 0.2) is 0 Å². The Balaban J connectivity index is 2.55. The lowest BCUT2D eigenvalue weighted by atomic mass is 9.87. The Labute approximate surface area is 89.2 Å². The van der Waals surface area contributed by atoms with E-state index in [0.29, 0.717) is 11.5 Å². The Morgan fingerprint density at radius 2 is 2.14 bits per heavy atom. The van der Waals surface area contributed by atoms with Gasteiger partial charge in [-0.2, -0.15) is 0 Å². The summed E-state index contributed by atoms with van der Waals surface area (Å²) in [7, 11) is 0. The van der Waals surface area contributed by atoms with Gasteiger partial charge in [0.1, 0.15) is 0 Å². The van der Waals surface area contributed by atoms with Crippen LogP contribution in [0.25, 0.3) is 0 Å². The zero-order valence-corrected chi connectivity index (χ0v) is 10.2. The molecule has 1 saturated heterocycles. The second kappa shape index (κ2) is 4.48. The van der Waals surface area contributed by atoms with Crippen LogP contribution in [0.1, 0.15) is 47.0 Å². The predicted molar refractivity (Wildman–Crippen MR) is 63.5 cm³/mol. The molecular weight excluding hydrogens is 170 g/mol. The molecule has 1 rings (SSSR count). The molecule has 1 aliphatic rings. The maximum atomic E-state index is 3.89. The van der Waals surface area contributed by atoms with Gasteiger partial charge in [0.2, 0.25) is 0 Å². The van der Waals surface area contributed by atoms with Gasteiger partial charge in [0, 0.05) is 12.1 Å². The Morgan fingerprint density at radius 3 is 2.64 bits per heavy atom. The van der Waals surface area contributed by atoms with E-state index >= 15 is 0 Å². The number of hydrogen-bond donors (Lipinski definition) is 0. The second-order valence-electron chi connectivity index (χ2n) is 5.77. The molecule has 1 fully saturated rings. The fraction of sp³-hybridized carbons (Fsp3) is 0.846. The normalized spacial score (nSPS) is 26.4. The quantitative estimate of drug-likeness (QED) is 0.623. The van der Waals surface area contributed by atoms with Crippen LogP contribution in [0.15, 0.2) is 12.7 Å². The summed E-state index contributed by atoms with van der Waals surface area (Å²) < 4.78 is 0. The van der Waals surface area contributed by atoms with Gasteiger partial charge >= 0.3 is 0 Å². The average molecular weight is 195 g/mol. The zero-order valence-electron chi connectivity index (χ0n) is 10.2. The van der Waals surface area contributed by atoms with Crippen LogP contribution < -0.4 is 0 Å². The van der Waals surface area contributed by atoms with Gasteiger partial charge in [-0.15, -0.1) is 6.58 Å². The fourth-order valence-corrected chi connectivity index (χ4v) is 2.46. The Hall–Kier alpha value is -0.300. The Bertz CT molecular complexity index is 190. The van der Waals surface area contributed by atoms with Crippen molar-refractivity contribution in [2.75, 3.05) is 6.54 Å². The highest BCUT2D eigenvalue weighted by Gasteiger charge is 2.30. The average Bonchev–Trinajstić information content (AvgIpc) is 2.48. The highest BCUT2D eigenvalue weighted by Crippen LogP contribution is 2.31. The molecule has 82 valence electrons. The summed E-state index contributed by atoms with van der Waals surface area (Å²) >= 11 is 0.